The van der Waals surface area contributed by atoms with Gasteiger partial charge in [-0.1, -0.05) is 0 Å². The van der Waals surface area contributed by atoms with E-state index in [1.54, 1.807) is 27.7 Å². The molecule has 0 radical (unpaired) electrons. The van der Waals surface area contributed by atoms with Crippen LogP contribution < -0.4 is 0 Å². The van der Waals surface area contributed by atoms with Crippen LogP contribution in [0.5, 0.6) is 0 Å². The van der Waals surface area contributed by atoms with Crippen LogP contribution in [0.15, 0.2) is 12.4 Å². The summed E-state index contributed by atoms with van der Waals surface area (Å²) in [6.45, 7) is 0.486. The van der Waals surface area contributed by atoms with Gasteiger partial charge in [0.15, 0.2) is 0 Å². The molecule has 7 nitrogen and oxygen atoms in total. The Morgan fingerprint density at radius 2 is 2.24 bits per heavy atom. The molecule has 0 saturated carbocycles. The highest BCUT2D eigenvalue weighted by atomic mass is 16.4. The molecule has 3 atom stereocenters. The van der Waals surface area contributed by atoms with E-state index in [0.29, 0.717) is 13.0 Å². The van der Waals surface area contributed by atoms with Gasteiger partial charge < -0.3 is 14.9 Å². The summed E-state index contributed by atoms with van der Waals surface area (Å²) in [5.74, 6) is -1.19. The number of hydrogen-bond acceptors (Lipinski definition) is 3. The van der Waals surface area contributed by atoms with Crippen LogP contribution in [-0.2, 0) is 18.4 Å². The predicted octanol–water partition coefficient (Wildman–Crippen LogP) is 0.909. The van der Waals surface area contributed by atoms with Gasteiger partial charge in [-0.25, -0.2) is 4.79 Å². The molecule has 3 rings (SSSR count). The first-order chi connectivity index (χ1) is 9.97. The molecule has 1 aromatic rings. The number of carbonyl (C=O) groups is 2. The van der Waals surface area contributed by atoms with Crippen molar-refractivity contribution in [3.05, 3.63) is 18.0 Å². The molecule has 0 spiro atoms. The zero-order valence-corrected chi connectivity index (χ0v) is 12.3. The second-order valence-electron chi connectivity index (χ2n) is 6.05. The summed E-state index contributed by atoms with van der Waals surface area (Å²) in [5, 5.41) is 13.3. The maximum Gasteiger partial charge on any atom is 0.320 e. The van der Waals surface area contributed by atoms with E-state index < -0.39 is 11.9 Å². The van der Waals surface area contributed by atoms with Crippen molar-refractivity contribution in [3.8, 4) is 0 Å². The Labute approximate surface area is 123 Å². The predicted molar refractivity (Wildman–Crippen MR) is 74.5 cm³/mol. The molecule has 2 saturated heterocycles. The standard InChI is InChI=1S/C14H20N4O3/c1-16(7-9-6-15-17(2)8-9)14(21)18-10-3-4-12(18)11(5-10)13(19)20/h6,8,10-12H,3-5,7H2,1-2H3,(H,19,20). The number of carbonyl (C=O) groups excluding carboxylic acids is 1. The molecule has 2 aliphatic rings. The second-order valence-corrected chi connectivity index (χ2v) is 6.05. The summed E-state index contributed by atoms with van der Waals surface area (Å²) in [5.41, 5.74) is 0.967. The van der Waals surface area contributed by atoms with E-state index in [0.717, 1.165) is 18.4 Å². The van der Waals surface area contributed by atoms with Crippen molar-refractivity contribution in [3.63, 3.8) is 0 Å². The first-order valence-corrected chi connectivity index (χ1v) is 7.21. The number of fused-ring (bicyclic) bond motifs is 2. The Morgan fingerprint density at radius 3 is 2.81 bits per heavy atom. The third-order valence-electron chi connectivity index (χ3n) is 4.58. The summed E-state index contributed by atoms with van der Waals surface area (Å²) in [7, 11) is 3.59. The monoisotopic (exact) mass is 292 g/mol. The van der Waals surface area contributed by atoms with E-state index >= 15 is 0 Å². The highest BCUT2D eigenvalue weighted by molar-refractivity contribution is 5.79. The largest absolute Gasteiger partial charge is 0.481 e. The maximum atomic E-state index is 12.6. The van der Waals surface area contributed by atoms with Crippen molar-refractivity contribution in [2.24, 2.45) is 13.0 Å². The van der Waals surface area contributed by atoms with Crippen LogP contribution in [0.2, 0.25) is 0 Å². The Morgan fingerprint density at radius 1 is 1.48 bits per heavy atom. The Hall–Kier alpha value is -2.05. The maximum absolute atomic E-state index is 12.6. The Bertz CT molecular complexity index is 570. The molecule has 2 bridgehead atoms. The van der Waals surface area contributed by atoms with E-state index in [1.165, 1.54) is 0 Å². The molecule has 3 heterocycles. The van der Waals surface area contributed by atoms with Crippen molar-refractivity contribution in [1.29, 1.82) is 0 Å². The molecule has 7 heteroatoms. The zero-order chi connectivity index (χ0) is 15.1. The number of aryl methyl sites for hydroxylation is 1. The van der Waals surface area contributed by atoms with Gasteiger partial charge in [0, 0.05) is 37.9 Å². The molecule has 21 heavy (non-hydrogen) atoms. The minimum absolute atomic E-state index is 0.0740. The second kappa shape index (κ2) is 5.05. The highest BCUT2D eigenvalue weighted by Crippen LogP contribution is 2.42. The lowest BCUT2D eigenvalue weighted by molar-refractivity contribution is -0.142. The number of rotatable bonds is 3. The SMILES string of the molecule is CN(Cc1cnn(C)c1)C(=O)N1C2CCC1C(C(=O)O)C2. The zero-order valence-electron chi connectivity index (χ0n) is 12.3. The Balaban J connectivity index is 1.69. The number of carboxylic acid groups (broad SMARTS) is 1. The number of hydrogen-bond donors (Lipinski definition) is 1. The first kappa shape index (κ1) is 13.9. The van der Waals surface area contributed by atoms with Gasteiger partial charge in [0.2, 0.25) is 0 Å². The molecule has 114 valence electrons. The molecule has 0 aromatic carbocycles. The first-order valence-electron chi connectivity index (χ1n) is 7.21. The molecular formula is C14H20N4O3. The van der Waals surface area contributed by atoms with Gasteiger partial charge in [-0.3, -0.25) is 9.48 Å². The molecule has 2 fully saturated rings. The summed E-state index contributed by atoms with van der Waals surface area (Å²) in [6, 6.07) is -0.133. The molecule has 2 aliphatic heterocycles. The third kappa shape index (κ3) is 2.36. The number of aromatic nitrogens is 2. The lowest BCUT2D eigenvalue weighted by Gasteiger charge is -2.28. The van der Waals surface area contributed by atoms with Gasteiger partial charge in [-0.15, -0.1) is 0 Å². The van der Waals surface area contributed by atoms with E-state index in [1.807, 2.05) is 13.2 Å². The fourth-order valence-corrected chi connectivity index (χ4v) is 3.64. The number of nitrogens with zero attached hydrogens (tertiary/aromatic N) is 4. The molecule has 1 N–H and O–H groups in total. The number of amides is 2. The van der Waals surface area contributed by atoms with E-state index in [-0.39, 0.29) is 18.1 Å². The fourth-order valence-electron chi connectivity index (χ4n) is 3.64. The lowest BCUT2D eigenvalue weighted by Crippen LogP contribution is -2.44. The third-order valence-corrected chi connectivity index (χ3v) is 4.58. The van der Waals surface area contributed by atoms with Gasteiger partial charge in [0.05, 0.1) is 18.7 Å². The van der Waals surface area contributed by atoms with Gasteiger partial charge in [0.25, 0.3) is 0 Å². The minimum atomic E-state index is -0.782. The fraction of sp³-hybridized carbons (Fsp3) is 0.643. The number of urea groups is 1. The molecular weight excluding hydrogens is 272 g/mol. The van der Waals surface area contributed by atoms with Crippen LogP contribution in [0.25, 0.3) is 0 Å². The highest BCUT2D eigenvalue weighted by Gasteiger charge is 2.51. The summed E-state index contributed by atoms with van der Waals surface area (Å²) < 4.78 is 1.70. The molecule has 2 amide bonds. The van der Waals surface area contributed by atoms with Crippen molar-refractivity contribution in [2.45, 2.75) is 37.9 Å². The summed E-state index contributed by atoms with van der Waals surface area (Å²) >= 11 is 0. The van der Waals surface area contributed by atoms with Crippen LogP contribution in [0.3, 0.4) is 0 Å². The summed E-state index contributed by atoms with van der Waals surface area (Å²) in [4.78, 5) is 27.3. The van der Waals surface area contributed by atoms with Crippen LogP contribution >= 0.6 is 0 Å². The Kier molecular flexibility index (Phi) is 3.35. The average Bonchev–Trinajstić information content (AvgIpc) is 3.12. The van der Waals surface area contributed by atoms with Gasteiger partial charge >= 0.3 is 12.0 Å². The van der Waals surface area contributed by atoms with Crippen molar-refractivity contribution in [2.75, 3.05) is 7.05 Å². The van der Waals surface area contributed by atoms with Crippen LogP contribution in [-0.4, -0.2) is 55.8 Å². The normalized spacial score (nSPS) is 27.1. The molecule has 1 aromatic heterocycles. The molecule has 0 aliphatic carbocycles. The summed E-state index contributed by atoms with van der Waals surface area (Å²) in [6.07, 6.45) is 5.92. The molecule has 3 unspecified atom stereocenters. The minimum Gasteiger partial charge on any atom is -0.481 e. The quantitative estimate of drug-likeness (QED) is 0.898. The van der Waals surface area contributed by atoms with E-state index in [9.17, 15) is 14.7 Å². The number of aliphatic carboxylic acids is 1. The average molecular weight is 292 g/mol. The topological polar surface area (TPSA) is 78.7 Å². The lowest BCUT2D eigenvalue weighted by atomic mass is 9.89. The smallest absolute Gasteiger partial charge is 0.320 e. The van der Waals surface area contributed by atoms with Gasteiger partial charge in [-0.05, 0) is 19.3 Å². The van der Waals surface area contributed by atoms with Gasteiger partial charge in [-0.2, -0.15) is 5.10 Å². The number of carboxylic acids is 1. The van der Waals surface area contributed by atoms with Crippen LogP contribution in [0, 0.1) is 5.92 Å². The van der Waals surface area contributed by atoms with Crippen molar-refractivity contribution < 1.29 is 14.7 Å². The van der Waals surface area contributed by atoms with Crippen LogP contribution in [0.1, 0.15) is 24.8 Å². The van der Waals surface area contributed by atoms with E-state index in [2.05, 4.69) is 5.10 Å². The van der Waals surface area contributed by atoms with Gasteiger partial charge in [0.1, 0.15) is 0 Å². The van der Waals surface area contributed by atoms with E-state index in [4.69, 9.17) is 0 Å². The van der Waals surface area contributed by atoms with Crippen molar-refractivity contribution in [1.82, 2.24) is 19.6 Å². The van der Waals surface area contributed by atoms with Crippen LogP contribution in [0.4, 0.5) is 4.79 Å². The van der Waals surface area contributed by atoms with Crippen molar-refractivity contribution >= 4 is 12.0 Å².